The van der Waals surface area contributed by atoms with E-state index in [1.54, 1.807) is 0 Å². The van der Waals surface area contributed by atoms with E-state index in [1.807, 2.05) is 74.5 Å². The molecule has 2 aromatic rings. The molecule has 0 radical (unpaired) electrons. The van der Waals surface area contributed by atoms with Crippen molar-refractivity contribution < 1.29 is 4.79 Å². The van der Waals surface area contributed by atoms with E-state index in [9.17, 15) is 4.79 Å². The highest BCUT2D eigenvalue weighted by Crippen LogP contribution is 2.19. The minimum atomic E-state index is -0.299. The maximum atomic E-state index is 12.2. The second-order valence-corrected chi connectivity index (χ2v) is 5.86. The Labute approximate surface area is 160 Å². The first-order valence-corrected chi connectivity index (χ1v) is 8.58. The van der Waals surface area contributed by atoms with Crippen LogP contribution in [0.3, 0.4) is 0 Å². The van der Waals surface area contributed by atoms with E-state index in [0.29, 0.717) is 12.2 Å². The van der Waals surface area contributed by atoms with Gasteiger partial charge in [0.25, 0.3) is 0 Å². The smallest absolute Gasteiger partial charge is 0.308 e. The molecule has 0 aromatic heterocycles. The predicted octanol–water partition coefficient (Wildman–Crippen LogP) is 5.50. The van der Waals surface area contributed by atoms with E-state index in [4.69, 9.17) is 0 Å². The van der Waals surface area contributed by atoms with Crippen LogP contribution in [0.1, 0.15) is 25.0 Å². The van der Waals surface area contributed by atoms with Gasteiger partial charge >= 0.3 is 6.03 Å². The van der Waals surface area contributed by atoms with Crippen molar-refractivity contribution in [2.24, 2.45) is 9.98 Å². The molecule has 138 valence electrons. The Morgan fingerprint density at radius 2 is 1.48 bits per heavy atom. The van der Waals surface area contributed by atoms with Crippen LogP contribution in [0.15, 0.2) is 70.7 Å². The quantitative estimate of drug-likeness (QED) is 0.629. The Bertz CT molecular complexity index is 862. The largest absolute Gasteiger partial charge is 0.323 e. The van der Waals surface area contributed by atoms with Crippen molar-refractivity contribution in [2.45, 2.75) is 13.8 Å². The fourth-order valence-electron chi connectivity index (χ4n) is 2.50. The first-order valence-electron chi connectivity index (χ1n) is 8.58. The molecule has 0 aliphatic heterocycles. The van der Waals surface area contributed by atoms with Crippen LogP contribution in [0, 0.1) is 0 Å². The molecule has 0 heterocycles. The van der Waals surface area contributed by atoms with Crippen LogP contribution in [0.2, 0.25) is 0 Å². The summed E-state index contributed by atoms with van der Waals surface area (Å²) in [7, 11) is 0. The van der Waals surface area contributed by atoms with Crippen LogP contribution in [0.25, 0.3) is 11.3 Å². The average molecular weight is 360 g/mol. The van der Waals surface area contributed by atoms with Gasteiger partial charge < -0.3 is 10.6 Å². The van der Waals surface area contributed by atoms with Gasteiger partial charge in [-0.1, -0.05) is 36.4 Å². The lowest BCUT2D eigenvalue weighted by Gasteiger charge is -2.09. The summed E-state index contributed by atoms with van der Waals surface area (Å²) in [6.45, 7) is 11.5. The summed E-state index contributed by atoms with van der Waals surface area (Å²) in [5.74, 6) is 0. The number of aliphatic imine (C=N–C) groups is 2. The molecule has 2 rings (SSSR count). The molecule has 0 aliphatic carbocycles. The maximum Gasteiger partial charge on any atom is 0.323 e. The minimum absolute atomic E-state index is 0.299. The van der Waals surface area contributed by atoms with E-state index in [0.717, 1.165) is 28.1 Å². The number of urea groups is 1. The van der Waals surface area contributed by atoms with Crippen LogP contribution in [-0.4, -0.2) is 26.0 Å². The highest BCUT2D eigenvalue weighted by atomic mass is 16.2. The third-order valence-corrected chi connectivity index (χ3v) is 4.01. The third-order valence-electron chi connectivity index (χ3n) is 4.01. The van der Waals surface area contributed by atoms with Crippen LogP contribution < -0.4 is 10.6 Å². The van der Waals surface area contributed by atoms with Crippen molar-refractivity contribution >= 4 is 42.1 Å². The second kappa shape index (κ2) is 9.87. The number of hydrogen-bond donors (Lipinski definition) is 2. The Morgan fingerprint density at radius 3 is 1.93 bits per heavy atom. The summed E-state index contributed by atoms with van der Waals surface area (Å²) in [6, 6.07) is 14.8. The molecule has 2 amide bonds. The highest BCUT2D eigenvalue weighted by Gasteiger charge is 2.04. The van der Waals surface area contributed by atoms with E-state index < -0.39 is 0 Å². The van der Waals surface area contributed by atoms with Gasteiger partial charge in [-0.3, -0.25) is 9.98 Å². The molecule has 0 spiro atoms. The van der Waals surface area contributed by atoms with Crippen molar-refractivity contribution in [2.75, 3.05) is 17.2 Å². The zero-order valence-electron chi connectivity index (χ0n) is 15.7. The van der Waals surface area contributed by atoms with Gasteiger partial charge in [-0.05, 0) is 68.2 Å². The number of anilines is 2. The number of allylic oxidation sites excluding steroid dienone is 2. The number of carbonyl (C=O) groups excluding carboxylic acids is 1. The molecule has 2 N–H and O–H groups in total. The SMILES string of the molecule is C=NC/C=C(\C)c1ccc(NC(=O)Nc2ccc(/C(=C/C)N=C)cc2)cc1. The van der Waals surface area contributed by atoms with Crippen molar-refractivity contribution in [1.29, 1.82) is 0 Å². The van der Waals surface area contributed by atoms with Gasteiger partial charge in [0.15, 0.2) is 0 Å². The van der Waals surface area contributed by atoms with Crippen LogP contribution in [0.4, 0.5) is 16.2 Å². The van der Waals surface area contributed by atoms with Crippen LogP contribution in [0.5, 0.6) is 0 Å². The molecule has 5 nitrogen and oxygen atoms in total. The summed E-state index contributed by atoms with van der Waals surface area (Å²) in [5, 5.41) is 5.63. The summed E-state index contributed by atoms with van der Waals surface area (Å²) in [5.41, 5.74) is 5.37. The van der Waals surface area contributed by atoms with Gasteiger partial charge in [0.2, 0.25) is 0 Å². The van der Waals surface area contributed by atoms with Crippen molar-refractivity contribution in [1.82, 2.24) is 0 Å². The molecular weight excluding hydrogens is 336 g/mol. The number of carbonyl (C=O) groups is 1. The standard InChI is InChI=1S/C22H24N4O/c1-5-21(24-4)18-8-12-20(13-9-18)26-22(27)25-19-10-6-17(7-11-19)16(2)14-15-23-3/h5-14H,3-4,15H2,1-2H3,(H2,25,26,27)/b16-14+,21-5-. The first-order chi connectivity index (χ1) is 13.1. The van der Waals surface area contributed by atoms with E-state index in [-0.39, 0.29) is 6.03 Å². The fourth-order valence-corrected chi connectivity index (χ4v) is 2.50. The van der Waals surface area contributed by atoms with Gasteiger partial charge in [0.05, 0.1) is 12.2 Å². The Morgan fingerprint density at radius 1 is 0.963 bits per heavy atom. The molecular formula is C22H24N4O. The number of nitrogens with one attached hydrogen (secondary N) is 2. The normalized spacial score (nSPS) is 11.6. The number of benzene rings is 2. The molecule has 0 saturated carbocycles. The van der Waals surface area contributed by atoms with Gasteiger partial charge in [0, 0.05) is 11.4 Å². The average Bonchev–Trinajstić information content (AvgIpc) is 2.69. The Kier molecular flexibility index (Phi) is 7.26. The molecule has 2 aromatic carbocycles. The molecule has 0 aliphatic rings. The second-order valence-electron chi connectivity index (χ2n) is 5.86. The van der Waals surface area contributed by atoms with E-state index in [1.165, 1.54) is 0 Å². The zero-order valence-corrected chi connectivity index (χ0v) is 15.7. The lowest BCUT2D eigenvalue weighted by molar-refractivity contribution is 0.262. The molecule has 0 fully saturated rings. The summed E-state index contributed by atoms with van der Waals surface area (Å²) in [4.78, 5) is 20.0. The summed E-state index contributed by atoms with van der Waals surface area (Å²) >= 11 is 0. The summed E-state index contributed by atoms with van der Waals surface area (Å²) < 4.78 is 0. The number of rotatable bonds is 7. The van der Waals surface area contributed by atoms with Crippen molar-refractivity contribution in [3.8, 4) is 0 Å². The zero-order chi connectivity index (χ0) is 19.6. The molecule has 0 bridgehead atoms. The topological polar surface area (TPSA) is 65.8 Å². The number of hydrogen-bond acceptors (Lipinski definition) is 3. The van der Waals surface area contributed by atoms with Crippen LogP contribution >= 0.6 is 0 Å². The predicted molar refractivity (Wildman–Crippen MR) is 117 cm³/mol. The Hall–Kier alpha value is -3.47. The monoisotopic (exact) mass is 360 g/mol. The molecule has 0 unspecified atom stereocenters. The molecule has 27 heavy (non-hydrogen) atoms. The molecule has 5 heteroatoms. The van der Waals surface area contributed by atoms with Crippen LogP contribution in [-0.2, 0) is 0 Å². The highest BCUT2D eigenvalue weighted by molar-refractivity contribution is 5.99. The fraction of sp³-hybridized carbons (Fsp3) is 0.136. The van der Waals surface area contributed by atoms with Gasteiger partial charge in [-0.2, -0.15) is 0 Å². The van der Waals surface area contributed by atoms with Gasteiger partial charge in [-0.25, -0.2) is 4.79 Å². The van der Waals surface area contributed by atoms with E-state index in [2.05, 4.69) is 34.1 Å². The van der Waals surface area contributed by atoms with E-state index >= 15 is 0 Å². The minimum Gasteiger partial charge on any atom is -0.308 e. The molecule has 0 atom stereocenters. The Balaban J connectivity index is 1.97. The van der Waals surface area contributed by atoms with Crippen molar-refractivity contribution in [3.05, 3.63) is 71.8 Å². The lowest BCUT2D eigenvalue weighted by Crippen LogP contribution is -2.19. The van der Waals surface area contributed by atoms with Crippen molar-refractivity contribution in [3.63, 3.8) is 0 Å². The summed E-state index contributed by atoms with van der Waals surface area (Å²) in [6.07, 6.45) is 3.89. The lowest BCUT2D eigenvalue weighted by atomic mass is 10.1. The third kappa shape index (κ3) is 5.78. The maximum absolute atomic E-state index is 12.2. The number of amides is 2. The van der Waals surface area contributed by atoms with Gasteiger partial charge in [0.1, 0.15) is 0 Å². The number of nitrogens with zero attached hydrogens (tertiary/aromatic N) is 2. The molecule has 0 saturated heterocycles. The van der Waals surface area contributed by atoms with Gasteiger partial charge in [-0.15, -0.1) is 0 Å². The first kappa shape index (κ1) is 19.8.